The summed E-state index contributed by atoms with van der Waals surface area (Å²) >= 11 is 6.08. The van der Waals surface area contributed by atoms with Crippen molar-refractivity contribution in [3.8, 4) is 11.9 Å². The first-order chi connectivity index (χ1) is 29.2. The molecule has 9 atom stereocenters. The normalized spacial score (nSPS) is 24.7. The zero-order valence-corrected chi connectivity index (χ0v) is 40.9. The van der Waals surface area contributed by atoms with Gasteiger partial charge in [0.05, 0.1) is 38.6 Å². The van der Waals surface area contributed by atoms with E-state index in [0.29, 0.717) is 5.88 Å². The van der Waals surface area contributed by atoms with Crippen LogP contribution in [0.5, 0.6) is 5.88 Å². The predicted molar refractivity (Wildman–Crippen MR) is 231 cm³/mol. The Bertz CT molecular complexity index is 2140. The van der Waals surface area contributed by atoms with Gasteiger partial charge in [-0.05, 0) is 40.4 Å². The monoisotopic (exact) mass is 963 g/mol. The van der Waals surface area contributed by atoms with Crippen LogP contribution in [0.2, 0.25) is 22.2 Å². The number of aliphatic hydroxyl groups is 1. The summed E-state index contributed by atoms with van der Waals surface area (Å²) in [6.07, 6.45) is -1.03. The number of aryl methyl sites for hydroxylation is 1. The van der Waals surface area contributed by atoms with Crippen molar-refractivity contribution in [2.75, 3.05) is 19.8 Å². The number of aromatic nitrogens is 5. The Hall–Kier alpha value is -2.50. The van der Waals surface area contributed by atoms with Crippen LogP contribution < -0.4 is 10.3 Å². The molecule has 1 aliphatic carbocycles. The van der Waals surface area contributed by atoms with Gasteiger partial charge in [-0.1, -0.05) is 55.4 Å². The highest BCUT2D eigenvalue weighted by molar-refractivity contribution is 8.07. The number of ether oxygens (including phenoxy) is 2. The molecule has 3 aromatic rings. The van der Waals surface area contributed by atoms with E-state index in [9.17, 15) is 29.4 Å². The van der Waals surface area contributed by atoms with Gasteiger partial charge in [0.1, 0.15) is 42.2 Å². The Labute approximate surface area is 368 Å². The second-order valence-corrected chi connectivity index (χ2v) is 29.0. The first kappa shape index (κ1) is 50.5. The molecule has 344 valence electrons. The number of nitriles is 1. The third-order valence-electron chi connectivity index (χ3n) is 11.3. The van der Waals surface area contributed by atoms with Gasteiger partial charge >= 0.3 is 32.1 Å². The predicted octanol–water partition coefficient (Wildman–Crippen LogP) is 5.92. The van der Waals surface area contributed by atoms with E-state index in [0.717, 1.165) is 10.8 Å². The number of aliphatic hydroxyl groups excluding tert-OH is 1. The van der Waals surface area contributed by atoms with Crippen molar-refractivity contribution in [1.82, 2.24) is 24.1 Å². The van der Waals surface area contributed by atoms with Gasteiger partial charge in [-0.15, -0.1) is 9.42 Å². The lowest BCUT2D eigenvalue weighted by atomic mass is 10.1. The molecule has 2 unspecified atom stereocenters. The van der Waals surface area contributed by atoms with Crippen molar-refractivity contribution in [1.29, 1.82) is 5.26 Å². The molecular formula is C37H58FN6O13P2SSi2+. The lowest BCUT2D eigenvalue weighted by Crippen LogP contribution is -2.62. The Morgan fingerprint density at radius 3 is 2.37 bits per heavy atom. The van der Waals surface area contributed by atoms with Crippen molar-refractivity contribution in [2.45, 2.75) is 134 Å². The van der Waals surface area contributed by atoms with Crippen molar-refractivity contribution >= 4 is 54.9 Å². The van der Waals surface area contributed by atoms with Crippen LogP contribution in [0.1, 0.15) is 80.9 Å². The smallest absolute Gasteiger partial charge is 0.474 e. The zero-order valence-electron chi connectivity index (χ0n) is 36.3. The minimum absolute atomic E-state index is 0.0891. The van der Waals surface area contributed by atoms with Crippen LogP contribution in [0.25, 0.3) is 11.0 Å². The highest BCUT2D eigenvalue weighted by Gasteiger charge is 2.60. The molecule has 0 aromatic carbocycles. The van der Waals surface area contributed by atoms with Gasteiger partial charge in [-0.2, -0.15) is 5.26 Å². The molecule has 62 heavy (non-hydrogen) atoms. The summed E-state index contributed by atoms with van der Waals surface area (Å²) in [6, 6.07) is 3.58. The van der Waals surface area contributed by atoms with E-state index in [-0.39, 0.29) is 65.7 Å². The molecule has 5 rings (SSSR count). The maximum Gasteiger partial charge on any atom is 0.695 e. The average Bonchev–Trinajstić information content (AvgIpc) is 3.86. The fourth-order valence-electron chi connectivity index (χ4n) is 7.99. The second kappa shape index (κ2) is 21.2. The summed E-state index contributed by atoms with van der Waals surface area (Å²) in [5.41, 5.74) is -1.79. The lowest BCUT2D eigenvalue weighted by Gasteiger charge is -2.47. The molecule has 3 N–H and O–H groups in total. The van der Waals surface area contributed by atoms with Crippen LogP contribution in [-0.2, 0) is 54.8 Å². The summed E-state index contributed by atoms with van der Waals surface area (Å²) in [5, 5.41) is 20.1. The quantitative estimate of drug-likeness (QED) is 0.0601. The summed E-state index contributed by atoms with van der Waals surface area (Å²) in [5.74, 6) is -1.19. The van der Waals surface area contributed by atoms with E-state index in [1.54, 1.807) is 6.07 Å². The van der Waals surface area contributed by atoms with Crippen molar-refractivity contribution < 1.29 is 59.9 Å². The van der Waals surface area contributed by atoms with Crippen LogP contribution in [-0.4, -0.2) is 106 Å². The molecule has 25 heteroatoms. The molecule has 1 saturated heterocycles. The Morgan fingerprint density at radius 1 is 1.10 bits per heavy atom. The maximum absolute atomic E-state index is 15.8. The molecule has 0 amide bonds. The largest absolute Gasteiger partial charge is 0.695 e. The van der Waals surface area contributed by atoms with Crippen LogP contribution in [0.4, 0.5) is 4.39 Å². The van der Waals surface area contributed by atoms with Crippen LogP contribution in [0.3, 0.4) is 0 Å². The van der Waals surface area contributed by atoms with Crippen molar-refractivity contribution in [3.05, 3.63) is 47.3 Å². The van der Waals surface area contributed by atoms with Gasteiger partial charge < -0.3 is 46.1 Å². The zero-order chi connectivity index (χ0) is 45.7. The van der Waals surface area contributed by atoms with Gasteiger partial charge in [-0.25, -0.2) is 19.3 Å². The second-order valence-electron chi connectivity index (χ2n) is 16.7. The fourth-order valence-corrected chi connectivity index (χ4v) is 20.5. The first-order valence-corrected chi connectivity index (χ1v) is 28.1. The minimum atomic E-state index is -4.06. The topological polar surface area (TPSA) is 241 Å². The van der Waals surface area contributed by atoms with Gasteiger partial charge in [0.25, 0.3) is 5.56 Å². The number of rotatable bonds is 22. The first-order valence-electron chi connectivity index (χ1n) is 20.5. The molecule has 19 nitrogen and oxygen atoms in total. The summed E-state index contributed by atoms with van der Waals surface area (Å²) < 4.78 is 81.6. The van der Waals surface area contributed by atoms with Crippen LogP contribution >= 0.6 is 15.0 Å². The average molecular weight is 964 g/mol. The van der Waals surface area contributed by atoms with E-state index >= 15 is 4.39 Å². The van der Waals surface area contributed by atoms with E-state index in [1.807, 2.05) is 61.5 Å². The SMILES string of the molecule is CC(C)[Si](O)(O[Si](O[C@H]1[C@@H](OP(=S)(OCCC#N)OC[C@H]2C[C@@H](Oc3ccncn3)C[C@@H]2O[P+](=O)O)[C@H](n2cc(F)c3c(=O)n(C)cnc32)O[C@@H]1CO)(C(C)C)C(C)C)C(C)C. The number of hydrogen-bond acceptors (Lipinski definition) is 17. The molecule has 3 aromatic heterocycles. The molecule has 0 radical (unpaired) electrons. The van der Waals surface area contributed by atoms with Gasteiger partial charge in [0.2, 0.25) is 5.88 Å². The summed E-state index contributed by atoms with van der Waals surface area (Å²) in [6.45, 7) is 10.2. The molecule has 1 aliphatic heterocycles. The van der Waals surface area contributed by atoms with E-state index in [4.69, 9.17) is 47.9 Å². The number of nitrogens with zero attached hydrogens (tertiary/aromatic N) is 6. The minimum Gasteiger partial charge on any atom is -0.474 e. The van der Waals surface area contributed by atoms with Crippen molar-refractivity contribution in [3.63, 3.8) is 0 Å². The third-order valence-corrected chi connectivity index (χ3v) is 23.9. The third kappa shape index (κ3) is 11.1. The van der Waals surface area contributed by atoms with Crippen molar-refractivity contribution in [2.24, 2.45) is 13.0 Å². The van der Waals surface area contributed by atoms with E-state index < -0.39 is 92.7 Å². The highest BCUT2D eigenvalue weighted by atomic mass is 32.5. The molecular weight excluding hydrogens is 906 g/mol. The highest BCUT2D eigenvalue weighted by Crippen LogP contribution is 2.57. The number of halogens is 1. The number of fused-ring (bicyclic) bond motifs is 1. The summed E-state index contributed by atoms with van der Waals surface area (Å²) in [7, 11) is -8.76. The van der Waals surface area contributed by atoms with Gasteiger partial charge in [0.15, 0.2) is 17.7 Å². The standard InChI is InChI=1S/C37H57FN6O13P2SSi2/c1-22(2)61(49,23(3)4)57-62(24(5)6,25(7)8)56-33-30(18-45)53-37(44-17-28(38)32-35(44)42-21-43(9)36(32)46)34(33)55-59(60,50-14-10-12-39)51-19-26-15-27(16-29(26)54-58(47)48)52-31-11-13-40-20-41-31/h11,13,17,20-27,29-30,33-34,37,45,49H,10,14-16,18-19H2,1-9H3/p+1/t26-,27-,29+,30-,33-,34-,37-,59?/m1/s1. The molecule has 2 fully saturated rings. The molecule has 0 bridgehead atoms. The molecule has 0 spiro atoms. The number of hydrogen-bond donors (Lipinski definition) is 3. The molecule has 4 heterocycles. The maximum atomic E-state index is 15.8. The molecule has 1 saturated carbocycles. The Morgan fingerprint density at radius 2 is 1.79 bits per heavy atom. The van der Waals surface area contributed by atoms with Crippen LogP contribution in [0.15, 0.2) is 35.9 Å². The van der Waals surface area contributed by atoms with Gasteiger partial charge in [0, 0.05) is 42.4 Å². The fraction of sp³-hybridized carbons (Fsp3) is 0.703. The van der Waals surface area contributed by atoms with E-state index in [2.05, 4.69) is 15.0 Å². The van der Waals surface area contributed by atoms with E-state index in [1.165, 1.54) is 30.5 Å². The lowest BCUT2D eigenvalue weighted by molar-refractivity contribution is -0.0508. The Balaban J connectivity index is 1.60. The van der Waals surface area contributed by atoms with Gasteiger partial charge in [-0.3, -0.25) is 9.32 Å². The summed E-state index contributed by atoms with van der Waals surface area (Å²) in [4.78, 5) is 47.6. The van der Waals surface area contributed by atoms with Crippen LogP contribution in [0, 0.1) is 23.1 Å². The molecule has 2 aliphatic rings. The Kier molecular flexibility index (Phi) is 17.3.